The molecule has 0 aliphatic heterocycles. The minimum absolute atomic E-state index is 0.196. The second-order valence-corrected chi connectivity index (χ2v) is 5.10. The Morgan fingerprint density at radius 2 is 1.52 bits per heavy atom. The van der Waals surface area contributed by atoms with E-state index in [0.717, 1.165) is 11.1 Å². The number of hydrogen-bond donors (Lipinski definition) is 1. The van der Waals surface area contributed by atoms with Crippen molar-refractivity contribution >= 4 is 10.8 Å². The fourth-order valence-electron chi connectivity index (χ4n) is 2.90. The van der Waals surface area contributed by atoms with E-state index in [1.807, 2.05) is 18.2 Å². The Kier molecular flexibility index (Phi) is 3.89. The Morgan fingerprint density at radius 1 is 0.857 bits per heavy atom. The maximum atomic E-state index is 6.07. The highest BCUT2D eigenvalue weighted by Gasteiger charge is 2.16. The van der Waals surface area contributed by atoms with Crippen LogP contribution in [-0.4, -0.2) is 13.7 Å². The highest BCUT2D eigenvalue weighted by atomic mass is 16.5. The van der Waals surface area contributed by atoms with Gasteiger partial charge in [0.05, 0.1) is 7.11 Å². The van der Waals surface area contributed by atoms with Gasteiger partial charge in [0.25, 0.3) is 0 Å². The second kappa shape index (κ2) is 5.98. The number of rotatable bonds is 4. The van der Waals surface area contributed by atoms with Gasteiger partial charge in [0.15, 0.2) is 0 Å². The Labute approximate surface area is 125 Å². The molecule has 0 heterocycles. The third kappa shape index (κ3) is 2.50. The number of ether oxygens (including phenoxy) is 1. The van der Waals surface area contributed by atoms with Gasteiger partial charge in [-0.05, 0) is 22.6 Å². The zero-order chi connectivity index (χ0) is 14.7. The van der Waals surface area contributed by atoms with E-state index < -0.39 is 0 Å². The Bertz CT molecular complexity index is 737. The van der Waals surface area contributed by atoms with Crippen molar-refractivity contribution in [1.29, 1.82) is 0 Å². The summed E-state index contributed by atoms with van der Waals surface area (Å²) in [6, 6.07) is 22.9. The number of benzene rings is 3. The SMILES string of the molecule is COc1ccc(C(CN)c2ccccc2)c2ccccc12. The van der Waals surface area contributed by atoms with Crippen LogP contribution in [0.1, 0.15) is 17.0 Å². The molecule has 0 aliphatic carbocycles. The predicted molar refractivity (Wildman–Crippen MR) is 87.8 cm³/mol. The lowest BCUT2D eigenvalue weighted by Crippen LogP contribution is -2.14. The first-order chi connectivity index (χ1) is 10.3. The van der Waals surface area contributed by atoms with Gasteiger partial charge in [0, 0.05) is 17.8 Å². The quantitative estimate of drug-likeness (QED) is 0.784. The third-order valence-electron chi connectivity index (χ3n) is 3.95. The van der Waals surface area contributed by atoms with E-state index in [1.54, 1.807) is 7.11 Å². The van der Waals surface area contributed by atoms with Crippen LogP contribution in [0.3, 0.4) is 0 Å². The van der Waals surface area contributed by atoms with Crippen LogP contribution in [0.5, 0.6) is 5.75 Å². The molecular formula is C19H19NO. The molecule has 0 fully saturated rings. The minimum Gasteiger partial charge on any atom is -0.496 e. The zero-order valence-electron chi connectivity index (χ0n) is 12.1. The summed E-state index contributed by atoms with van der Waals surface area (Å²) in [5.41, 5.74) is 8.56. The molecule has 1 atom stereocenters. The number of nitrogens with two attached hydrogens (primary N) is 1. The van der Waals surface area contributed by atoms with Crippen LogP contribution in [0.25, 0.3) is 10.8 Å². The van der Waals surface area contributed by atoms with Crippen LogP contribution in [-0.2, 0) is 0 Å². The lowest BCUT2D eigenvalue weighted by molar-refractivity contribution is 0.419. The summed E-state index contributed by atoms with van der Waals surface area (Å²) >= 11 is 0. The maximum absolute atomic E-state index is 6.07. The highest BCUT2D eigenvalue weighted by Crippen LogP contribution is 2.34. The van der Waals surface area contributed by atoms with Gasteiger partial charge < -0.3 is 10.5 Å². The summed E-state index contributed by atoms with van der Waals surface area (Å²) in [5.74, 6) is 1.10. The molecule has 0 aromatic heterocycles. The van der Waals surface area contributed by atoms with E-state index in [0.29, 0.717) is 6.54 Å². The van der Waals surface area contributed by atoms with Gasteiger partial charge in [-0.3, -0.25) is 0 Å². The molecule has 0 saturated carbocycles. The van der Waals surface area contributed by atoms with Crippen LogP contribution >= 0.6 is 0 Å². The summed E-state index contributed by atoms with van der Waals surface area (Å²) in [4.78, 5) is 0. The third-order valence-corrected chi connectivity index (χ3v) is 3.95. The molecule has 2 N–H and O–H groups in total. The first kappa shape index (κ1) is 13.7. The standard InChI is InChI=1S/C19H19NO/c1-21-19-12-11-16(15-9-5-6-10-17(15)19)18(13-20)14-7-3-2-4-8-14/h2-12,18H,13,20H2,1H3. The van der Waals surface area contributed by atoms with Gasteiger partial charge in [-0.15, -0.1) is 0 Å². The second-order valence-electron chi connectivity index (χ2n) is 5.10. The van der Waals surface area contributed by atoms with Gasteiger partial charge in [0.1, 0.15) is 5.75 Å². The molecule has 3 aromatic rings. The maximum Gasteiger partial charge on any atom is 0.126 e. The molecule has 0 bridgehead atoms. The summed E-state index contributed by atoms with van der Waals surface area (Å²) in [6.45, 7) is 0.584. The number of fused-ring (bicyclic) bond motifs is 1. The van der Waals surface area contributed by atoms with E-state index in [2.05, 4.69) is 48.5 Å². The number of hydrogen-bond acceptors (Lipinski definition) is 2. The topological polar surface area (TPSA) is 35.2 Å². The van der Waals surface area contributed by atoms with Crippen LogP contribution in [0.4, 0.5) is 0 Å². The molecule has 0 spiro atoms. The van der Waals surface area contributed by atoms with Crippen molar-refractivity contribution in [2.45, 2.75) is 5.92 Å². The van der Waals surface area contributed by atoms with E-state index in [-0.39, 0.29) is 5.92 Å². The summed E-state index contributed by atoms with van der Waals surface area (Å²) in [7, 11) is 1.71. The molecule has 3 rings (SSSR count). The van der Waals surface area contributed by atoms with Gasteiger partial charge in [0.2, 0.25) is 0 Å². The molecule has 1 unspecified atom stereocenters. The normalized spacial score (nSPS) is 12.3. The molecule has 106 valence electrons. The monoisotopic (exact) mass is 277 g/mol. The van der Waals surface area contributed by atoms with Gasteiger partial charge >= 0.3 is 0 Å². The van der Waals surface area contributed by atoms with Crippen LogP contribution in [0.2, 0.25) is 0 Å². The minimum atomic E-state index is 0.196. The number of methoxy groups -OCH3 is 1. The summed E-state index contributed by atoms with van der Waals surface area (Å²) < 4.78 is 5.47. The first-order valence-corrected chi connectivity index (χ1v) is 7.15. The van der Waals surface area contributed by atoms with Crippen molar-refractivity contribution in [1.82, 2.24) is 0 Å². The van der Waals surface area contributed by atoms with Crippen LogP contribution in [0, 0.1) is 0 Å². The van der Waals surface area contributed by atoms with Crippen molar-refractivity contribution in [3.05, 3.63) is 77.9 Å². The van der Waals surface area contributed by atoms with Crippen molar-refractivity contribution in [2.75, 3.05) is 13.7 Å². The molecule has 0 saturated heterocycles. The molecule has 0 radical (unpaired) electrons. The summed E-state index contributed by atoms with van der Waals surface area (Å²) in [5, 5.41) is 2.34. The van der Waals surface area contributed by atoms with Crippen molar-refractivity contribution in [3.8, 4) is 5.75 Å². The van der Waals surface area contributed by atoms with Gasteiger partial charge in [-0.25, -0.2) is 0 Å². The lowest BCUT2D eigenvalue weighted by Gasteiger charge is -2.19. The molecule has 0 aliphatic rings. The molecule has 21 heavy (non-hydrogen) atoms. The smallest absolute Gasteiger partial charge is 0.126 e. The summed E-state index contributed by atoms with van der Waals surface area (Å²) in [6.07, 6.45) is 0. The van der Waals surface area contributed by atoms with E-state index in [4.69, 9.17) is 10.5 Å². The van der Waals surface area contributed by atoms with E-state index in [1.165, 1.54) is 16.5 Å². The van der Waals surface area contributed by atoms with Crippen LogP contribution in [0.15, 0.2) is 66.7 Å². The first-order valence-electron chi connectivity index (χ1n) is 7.15. The highest BCUT2D eigenvalue weighted by molar-refractivity contribution is 5.91. The fraction of sp³-hybridized carbons (Fsp3) is 0.158. The van der Waals surface area contributed by atoms with E-state index >= 15 is 0 Å². The van der Waals surface area contributed by atoms with Crippen molar-refractivity contribution < 1.29 is 4.74 Å². The molecule has 2 heteroatoms. The fourth-order valence-corrected chi connectivity index (χ4v) is 2.90. The van der Waals surface area contributed by atoms with Crippen LogP contribution < -0.4 is 10.5 Å². The zero-order valence-corrected chi connectivity index (χ0v) is 12.1. The average molecular weight is 277 g/mol. The largest absolute Gasteiger partial charge is 0.496 e. The van der Waals surface area contributed by atoms with Gasteiger partial charge in [-0.1, -0.05) is 60.7 Å². The molecule has 0 amide bonds. The molecular weight excluding hydrogens is 258 g/mol. The Morgan fingerprint density at radius 3 is 2.19 bits per heavy atom. The van der Waals surface area contributed by atoms with Crippen molar-refractivity contribution in [2.24, 2.45) is 5.73 Å². The Hall–Kier alpha value is -2.32. The van der Waals surface area contributed by atoms with E-state index in [9.17, 15) is 0 Å². The van der Waals surface area contributed by atoms with Crippen molar-refractivity contribution in [3.63, 3.8) is 0 Å². The molecule has 3 aromatic carbocycles. The van der Waals surface area contributed by atoms with Gasteiger partial charge in [-0.2, -0.15) is 0 Å². The molecule has 2 nitrogen and oxygen atoms in total. The lowest BCUT2D eigenvalue weighted by atomic mass is 9.88. The Balaban J connectivity index is 2.20. The predicted octanol–water partition coefficient (Wildman–Crippen LogP) is 3.94. The average Bonchev–Trinajstić information content (AvgIpc) is 2.56.